The van der Waals surface area contributed by atoms with E-state index in [1.54, 1.807) is 11.3 Å². The average molecular weight is 484 g/mol. The molecule has 1 aromatic carbocycles. The molecule has 1 aliphatic rings. The number of guanidine groups is 1. The Morgan fingerprint density at radius 1 is 1.04 bits per heavy atom. The molecule has 2 heterocycles. The fourth-order valence-corrected chi connectivity index (χ4v) is 3.70. The first-order valence-corrected chi connectivity index (χ1v) is 10.1. The zero-order valence-corrected chi connectivity index (χ0v) is 18.6. The van der Waals surface area contributed by atoms with Crippen LogP contribution >= 0.6 is 35.3 Å². The highest BCUT2D eigenvalue weighted by Gasteiger charge is 2.11. The molecule has 0 aliphatic carbocycles. The van der Waals surface area contributed by atoms with Crippen LogP contribution in [0.1, 0.15) is 36.5 Å². The van der Waals surface area contributed by atoms with Gasteiger partial charge in [-0.2, -0.15) is 11.3 Å². The van der Waals surface area contributed by atoms with Crippen molar-refractivity contribution >= 4 is 41.3 Å². The lowest BCUT2D eigenvalue weighted by atomic mass is 10.1. The summed E-state index contributed by atoms with van der Waals surface area (Å²) in [6, 6.07) is 11.1. The molecule has 0 bridgehead atoms. The smallest absolute Gasteiger partial charge is 0.191 e. The number of rotatable bonds is 7. The number of hydrogen-bond donors (Lipinski definition) is 2. The molecule has 0 atom stereocenters. The molecule has 0 amide bonds. The van der Waals surface area contributed by atoms with Crippen LogP contribution in [-0.4, -0.2) is 30.5 Å². The largest absolute Gasteiger partial charge is 0.357 e. The van der Waals surface area contributed by atoms with E-state index in [1.807, 2.05) is 0 Å². The summed E-state index contributed by atoms with van der Waals surface area (Å²) in [5.41, 5.74) is 3.95. The fourth-order valence-electron chi connectivity index (χ4n) is 3.04. The minimum atomic E-state index is 0. The van der Waals surface area contributed by atoms with E-state index in [-0.39, 0.29) is 24.0 Å². The van der Waals surface area contributed by atoms with E-state index in [9.17, 15) is 0 Å². The second-order valence-corrected chi connectivity index (χ2v) is 7.26. The van der Waals surface area contributed by atoms with Crippen LogP contribution in [-0.2, 0) is 19.6 Å². The Bertz CT molecular complexity index is 649. The summed E-state index contributed by atoms with van der Waals surface area (Å²) < 4.78 is 0. The second kappa shape index (κ2) is 11.6. The number of likely N-dealkylation sites (tertiary alicyclic amines) is 1. The van der Waals surface area contributed by atoms with Gasteiger partial charge in [0.2, 0.25) is 0 Å². The van der Waals surface area contributed by atoms with Gasteiger partial charge in [0.1, 0.15) is 0 Å². The molecule has 4 nitrogen and oxygen atoms in total. The predicted molar refractivity (Wildman–Crippen MR) is 122 cm³/mol. The number of halogens is 1. The maximum atomic E-state index is 4.65. The maximum absolute atomic E-state index is 4.65. The Morgan fingerprint density at radius 3 is 2.42 bits per heavy atom. The van der Waals surface area contributed by atoms with Crippen molar-refractivity contribution in [1.29, 1.82) is 0 Å². The molecule has 0 spiro atoms. The molecule has 0 radical (unpaired) electrons. The van der Waals surface area contributed by atoms with Gasteiger partial charge in [-0.1, -0.05) is 24.3 Å². The van der Waals surface area contributed by atoms with Crippen molar-refractivity contribution in [2.75, 3.05) is 19.6 Å². The summed E-state index contributed by atoms with van der Waals surface area (Å²) in [5, 5.41) is 11.0. The first-order chi connectivity index (χ1) is 12.3. The van der Waals surface area contributed by atoms with Crippen molar-refractivity contribution < 1.29 is 0 Å². The molecule has 3 rings (SSSR count). The molecule has 26 heavy (non-hydrogen) atoms. The van der Waals surface area contributed by atoms with Gasteiger partial charge in [0, 0.05) is 19.6 Å². The minimum absolute atomic E-state index is 0. The molecule has 142 valence electrons. The third kappa shape index (κ3) is 6.89. The zero-order valence-electron chi connectivity index (χ0n) is 15.4. The van der Waals surface area contributed by atoms with Gasteiger partial charge in [0.05, 0.1) is 6.54 Å². The van der Waals surface area contributed by atoms with E-state index in [4.69, 9.17) is 0 Å². The lowest BCUT2D eigenvalue weighted by Crippen LogP contribution is -2.36. The van der Waals surface area contributed by atoms with E-state index >= 15 is 0 Å². The van der Waals surface area contributed by atoms with Crippen LogP contribution in [0.2, 0.25) is 0 Å². The number of aliphatic imine (C=N–C) groups is 1. The second-order valence-electron chi connectivity index (χ2n) is 6.48. The standard InChI is InChI=1S/C20H28N4S.HI/c1-2-21-20(23-14-19-9-12-25-16-19)22-13-17-5-7-18(8-6-17)15-24-10-3-4-11-24;/h5-9,12,16H,2-4,10-11,13-15H2,1H3,(H2,21,22,23);1H. The Balaban J connectivity index is 0.00000243. The van der Waals surface area contributed by atoms with Crippen LogP contribution in [0.15, 0.2) is 46.1 Å². The number of nitrogens with one attached hydrogen (secondary N) is 2. The summed E-state index contributed by atoms with van der Waals surface area (Å²) in [5.74, 6) is 0.870. The van der Waals surface area contributed by atoms with Crippen LogP contribution in [0.25, 0.3) is 0 Å². The van der Waals surface area contributed by atoms with E-state index < -0.39 is 0 Å². The van der Waals surface area contributed by atoms with Gasteiger partial charge in [-0.05, 0) is 66.4 Å². The van der Waals surface area contributed by atoms with Crippen LogP contribution in [0.5, 0.6) is 0 Å². The van der Waals surface area contributed by atoms with Crippen LogP contribution < -0.4 is 10.6 Å². The minimum Gasteiger partial charge on any atom is -0.357 e. The number of hydrogen-bond acceptors (Lipinski definition) is 3. The van der Waals surface area contributed by atoms with Crippen LogP contribution in [0, 0.1) is 0 Å². The molecule has 1 fully saturated rings. The molecule has 2 aromatic rings. The molecule has 0 unspecified atom stereocenters. The Hall–Kier alpha value is -1.12. The monoisotopic (exact) mass is 484 g/mol. The van der Waals surface area contributed by atoms with Gasteiger partial charge in [0.15, 0.2) is 5.96 Å². The maximum Gasteiger partial charge on any atom is 0.191 e. The van der Waals surface area contributed by atoms with Gasteiger partial charge >= 0.3 is 0 Å². The van der Waals surface area contributed by atoms with Gasteiger partial charge in [-0.15, -0.1) is 24.0 Å². The fraction of sp³-hybridized carbons (Fsp3) is 0.450. The highest BCUT2D eigenvalue weighted by molar-refractivity contribution is 14.0. The Labute approximate surface area is 178 Å². The van der Waals surface area contributed by atoms with Crippen molar-refractivity contribution in [2.24, 2.45) is 4.99 Å². The van der Waals surface area contributed by atoms with Crippen molar-refractivity contribution in [3.8, 4) is 0 Å². The lowest BCUT2D eigenvalue weighted by molar-refractivity contribution is 0.331. The van der Waals surface area contributed by atoms with Gasteiger partial charge < -0.3 is 10.6 Å². The van der Waals surface area contributed by atoms with Crippen LogP contribution in [0.4, 0.5) is 0 Å². The molecular formula is C20H29IN4S. The van der Waals surface area contributed by atoms with E-state index in [1.165, 1.54) is 42.6 Å². The van der Waals surface area contributed by atoms with E-state index in [0.29, 0.717) is 6.54 Å². The number of nitrogens with zero attached hydrogens (tertiary/aromatic N) is 2. The molecule has 1 saturated heterocycles. The summed E-state index contributed by atoms with van der Waals surface area (Å²) in [6.07, 6.45) is 2.69. The molecule has 1 aliphatic heterocycles. The Kier molecular flexibility index (Phi) is 9.42. The van der Waals surface area contributed by atoms with Crippen molar-refractivity contribution in [2.45, 2.75) is 39.4 Å². The Morgan fingerprint density at radius 2 is 1.77 bits per heavy atom. The van der Waals surface area contributed by atoms with Crippen molar-refractivity contribution in [1.82, 2.24) is 15.5 Å². The molecule has 6 heteroatoms. The zero-order chi connectivity index (χ0) is 17.3. The van der Waals surface area contributed by atoms with Gasteiger partial charge in [-0.25, -0.2) is 4.99 Å². The summed E-state index contributed by atoms with van der Waals surface area (Å²) in [6.45, 7) is 8.04. The number of benzene rings is 1. The molecular weight excluding hydrogens is 455 g/mol. The predicted octanol–water partition coefficient (Wildman–Crippen LogP) is 4.22. The SMILES string of the molecule is CCNC(=NCc1ccsc1)NCc1ccc(CN2CCCC2)cc1.I. The molecule has 0 saturated carbocycles. The average Bonchev–Trinajstić information content (AvgIpc) is 3.32. The summed E-state index contributed by atoms with van der Waals surface area (Å²) in [4.78, 5) is 7.19. The quantitative estimate of drug-likeness (QED) is 0.351. The van der Waals surface area contributed by atoms with Crippen LogP contribution in [0.3, 0.4) is 0 Å². The molecule has 2 N–H and O–H groups in total. The van der Waals surface area contributed by atoms with Gasteiger partial charge in [0.25, 0.3) is 0 Å². The first kappa shape index (κ1) is 21.2. The van der Waals surface area contributed by atoms with E-state index in [2.05, 4.69) is 68.5 Å². The van der Waals surface area contributed by atoms with Gasteiger partial charge in [-0.3, -0.25) is 4.90 Å². The highest BCUT2D eigenvalue weighted by Crippen LogP contribution is 2.13. The summed E-state index contributed by atoms with van der Waals surface area (Å²) >= 11 is 1.71. The number of thiophene rings is 1. The van der Waals surface area contributed by atoms with Crippen molar-refractivity contribution in [3.05, 3.63) is 57.8 Å². The third-order valence-corrected chi connectivity index (χ3v) is 5.16. The summed E-state index contributed by atoms with van der Waals surface area (Å²) in [7, 11) is 0. The topological polar surface area (TPSA) is 39.7 Å². The lowest BCUT2D eigenvalue weighted by Gasteiger charge is -2.15. The normalized spacial score (nSPS) is 14.9. The molecule has 1 aromatic heterocycles. The van der Waals surface area contributed by atoms with Crippen molar-refractivity contribution in [3.63, 3.8) is 0 Å². The third-order valence-electron chi connectivity index (χ3n) is 4.43. The van der Waals surface area contributed by atoms with E-state index in [0.717, 1.165) is 25.6 Å². The first-order valence-electron chi connectivity index (χ1n) is 9.17. The highest BCUT2D eigenvalue weighted by atomic mass is 127.